The Morgan fingerprint density at radius 3 is 2.32 bits per heavy atom. The van der Waals surface area contributed by atoms with Gasteiger partial charge in [0, 0.05) is 7.11 Å². The second kappa shape index (κ2) is 6.28. The predicted molar refractivity (Wildman–Crippen MR) is 84.5 cm³/mol. The summed E-state index contributed by atoms with van der Waals surface area (Å²) < 4.78 is 17.4. The van der Waals surface area contributed by atoms with Crippen molar-refractivity contribution in [2.24, 2.45) is 0 Å². The molecule has 1 aromatic rings. The van der Waals surface area contributed by atoms with Crippen molar-refractivity contribution in [3.05, 3.63) is 22.7 Å². The van der Waals surface area contributed by atoms with E-state index in [-0.39, 0.29) is 11.8 Å². The van der Waals surface area contributed by atoms with Crippen LogP contribution < -0.4 is 9.16 Å². The fourth-order valence-electron chi connectivity index (χ4n) is 1.23. The van der Waals surface area contributed by atoms with Gasteiger partial charge in [-0.3, -0.25) is 0 Å². The number of methoxy groups -OCH3 is 1. The van der Waals surface area contributed by atoms with E-state index in [4.69, 9.17) is 13.9 Å². The number of hydrogen-bond acceptors (Lipinski definition) is 3. The third-order valence-electron chi connectivity index (χ3n) is 3.41. The van der Waals surface area contributed by atoms with Crippen molar-refractivity contribution in [3.8, 4) is 11.5 Å². The second-order valence-electron chi connectivity index (χ2n) is 6.01. The Morgan fingerprint density at radius 1 is 1.21 bits per heavy atom. The van der Waals surface area contributed by atoms with Crippen LogP contribution in [0.1, 0.15) is 20.8 Å². The molecule has 19 heavy (non-hydrogen) atoms. The molecule has 108 valence electrons. The Bertz CT molecular complexity index is 427. The highest BCUT2D eigenvalue weighted by atomic mass is 79.9. The quantitative estimate of drug-likeness (QED) is 0.565. The molecular weight excluding hydrogens is 324 g/mol. The van der Waals surface area contributed by atoms with Gasteiger partial charge in [0.1, 0.15) is 11.5 Å². The average molecular weight is 347 g/mol. The molecule has 5 heteroatoms. The summed E-state index contributed by atoms with van der Waals surface area (Å²) in [4.78, 5) is 0. The average Bonchev–Trinajstić information content (AvgIpc) is 2.26. The molecule has 0 N–H and O–H groups in total. The van der Waals surface area contributed by atoms with E-state index in [9.17, 15) is 0 Å². The maximum Gasteiger partial charge on any atom is 0.250 e. The maximum absolute atomic E-state index is 6.23. The van der Waals surface area contributed by atoms with Crippen molar-refractivity contribution in [1.29, 1.82) is 0 Å². The standard InChI is InChI=1S/C14H23BrO3Si/c1-14(2,3)19(5,6)18-11-7-8-13(12(15)9-11)17-10-16-4/h7-9H,10H2,1-6H3. The molecule has 0 saturated heterocycles. The Kier molecular flexibility index (Phi) is 5.47. The molecule has 0 bridgehead atoms. The van der Waals surface area contributed by atoms with E-state index in [1.54, 1.807) is 7.11 Å². The summed E-state index contributed by atoms with van der Waals surface area (Å²) in [5.41, 5.74) is 0. The van der Waals surface area contributed by atoms with Crippen molar-refractivity contribution >= 4 is 24.2 Å². The lowest BCUT2D eigenvalue weighted by Gasteiger charge is -2.36. The summed E-state index contributed by atoms with van der Waals surface area (Å²) in [6.07, 6.45) is 0. The highest BCUT2D eigenvalue weighted by Gasteiger charge is 2.39. The van der Waals surface area contributed by atoms with Gasteiger partial charge in [0.2, 0.25) is 8.32 Å². The molecule has 0 unspecified atom stereocenters. The molecule has 0 aliphatic rings. The zero-order chi connectivity index (χ0) is 14.7. The first-order valence-electron chi connectivity index (χ1n) is 6.27. The number of halogens is 1. The lowest BCUT2D eigenvalue weighted by molar-refractivity contribution is 0.0505. The maximum atomic E-state index is 6.23. The fraction of sp³-hybridized carbons (Fsp3) is 0.571. The predicted octanol–water partition coefficient (Wildman–Crippen LogP) is 4.82. The van der Waals surface area contributed by atoms with E-state index in [2.05, 4.69) is 49.8 Å². The molecule has 1 rings (SSSR count). The van der Waals surface area contributed by atoms with Crippen LogP contribution in [0.15, 0.2) is 22.7 Å². The minimum absolute atomic E-state index is 0.185. The minimum atomic E-state index is -1.80. The van der Waals surface area contributed by atoms with Gasteiger partial charge in [-0.1, -0.05) is 20.8 Å². The SMILES string of the molecule is COCOc1ccc(O[Si](C)(C)C(C)(C)C)cc1Br. The monoisotopic (exact) mass is 346 g/mol. The first-order chi connectivity index (χ1) is 8.67. The van der Waals surface area contributed by atoms with Crippen molar-refractivity contribution < 1.29 is 13.9 Å². The van der Waals surface area contributed by atoms with Gasteiger partial charge in [0.05, 0.1) is 4.47 Å². The van der Waals surface area contributed by atoms with Crippen LogP contribution in [0.25, 0.3) is 0 Å². The zero-order valence-corrected chi connectivity index (χ0v) is 15.1. The minimum Gasteiger partial charge on any atom is -0.543 e. The summed E-state index contributed by atoms with van der Waals surface area (Å²) in [5.74, 6) is 1.63. The largest absolute Gasteiger partial charge is 0.543 e. The van der Waals surface area contributed by atoms with Gasteiger partial charge < -0.3 is 13.9 Å². The van der Waals surface area contributed by atoms with Gasteiger partial charge in [0.15, 0.2) is 6.79 Å². The molecule has 0 aliphatic carbocycles. The van der Waals surface area contributed by atoms with Crippen LogP contribution >= 0.6 is 15.9 Å². The van der Waals surface area contributed by atoms with E-state index in [0.717, 1.165) is 16.0 Å². The van der Waals surface area contributed by atoms with Gasteiger partial charge >= 0.3 is 0 Å². The molecule has 3 nitrogen and oxygen atoms in total. The van der Waals surface area contributed by atoms with Crippen LogP contribution in [-0.2, 0) is 4.74 Å². The fourth-order valence-corrected chi connectivity index (χ4v) is 2.73. The molecule has 0 radical (unpaired) electrons. The Labute approximate surface area is 125 Å². The number of benzene rings is 1. The zero-order valence-electron chi connectivity index (χ0n) is 12.5. The van der Waals surface area contributed by atoms with Gasteiger partial charge in [-0.15, -0.1) is 0 Å². The van der Waals surface area contributed by atoms with Crippen molar-refractivity contribution in [2.75, 3.05) is 13.9 Å². The number of hydrogen-bond donors (Lipinski definition) is 0. The molecule has 0 spiro atoms. The molecule has 0 amide bonds. The first-order valence-corrected chi connectivity index (χ1v) is 9.98. The van der Waals surface area contributed by atoms with Crippen molar-refractivity contribution in [3.63, 3.8) is 0 Å². The number of rotatable bonds is 5. The van der Waals surface area contributed by atoms with Crippen molar-refractivity contribution in [2.45, 2.75) is 38.9 Å². The smallest absolute Gasteiger partial charge is 0.250 e. The highest BCUT2D eigenvalue weighted by Crippen LogP contribution is 2.38. The van der Waals surface area contributed by atoms with Crippen LogP contribution in [0, 0.1) is 0 Å². The summed E-state index contributed by atoms with van der Waals surface area (Å²) in [6.45, 7) is 11.4. The van der Waals surface area contributed by atoms with Crippen LogP contribution in [-0.4, -0.2) is 22.2 Å². The van der Waals surface area contributed by atoms with E-state index in [0.29, 0.717) is 0 Å². The Morgan fingerprint density at radius 2 is 1.84 bits per heavy atom. The van der Waals surface area contributed by atoms with Crippen LogP contribution in [0.2, 0.25) is 18.1 Å². The summed E-state index contributed by atoms with van der Waals surface area (Å²) in [7, 11) is -0.198. The third-order valence-corrected chi connectivity index (χ3v) is 8.39. The van der Waals surface area contributed by atoms with Gasteiger partial charge in [-0.05, 0) is 52.3 Å². The topological polar surface area (TPSA) is 27.7 Å². The van der Waals surface area contributed by atoms with Gasteiger partial charge in [-0.25, -0.2) is 0 Å². The molecular formula is C14H23BrO3Si. The Hall–Kier alpha value is -0.523. The summed E-state index contributed by atoms with van der Waals surface area (Å²) in [6, 6.07) is 5.79. The normalized spacial score (nSPS) is 12.4. The Balaban J connectivity index is 2.84. The van der Waals surface area contributed by atoms with E-state index in [1.807, 2.05) is 18.2 Å². The lowest BCUT2D eigenvalue weighted by atomic mass is 10.2. The van der Waals surface area contributed by atoms with Crippen molar-refractivity contribution in [1.82, 2.24) is 0 Å². The van der Waals surface area contributed by atoms with Gasteiger partial charge in [0.25, 0.3) is 0 Å². The third kappa shape index (κ3) is 4.51. The van der Waals surface area contributed by atoms with Gasteiger partial charge in [-0.2, -0.15) is 0 Å². The van der Waals surface area contributed by atoms with E-state index < -0.39 is 8.32 Å². The van der Waals surface area contributed by atoms with Crippen LogP contribution in [0.4, 0.5) is 0 Å². The molecule has 0 aliphatic heterocycles. The van der Waals surface area contributed by atoms with E-state index >= 15 is 0 Å². The molecule has 0 atom stereocenters. The van der Waals surface area contributed by atoms with Crippen LogP contribution in [0.3, 0.4) is 0 Å². The lowest BCUT2D eigenvalue weighted by Crippen LogP contribution is -2.43. The molecule has 0 aromatic heterocycles. The summed E-state index contributed by atoms with van der Waals surface area (Å²) >= 11 is 3.49. The molecule has 0 saturated carbocycles. The molecule has 0 fully saturated rings. The first kappa shape index (κ1) is 16.5. The van der Waals surface area contributed by atoms with E-state index in [1.165, 1.54) is 0 Å². The highest BCUT2D eigenvalue weighted by molar-refractivity contribution is 9.10. The van der Waals surface area contributed by atoms with Crippen LogP contribution in [0.5, 0.6) is 11.5 Å². The molecule has 1 aromatic carbocycles. The summed E-state index contributed by atoms with van der Waals surface area (Å²) in [5, 5.41) is 0.185. The second-order valence-corrected chi connectivity index (χ2v) is 11.6. The number of ether oxygens (including phenoxy) is 2. The molecule has 0 heterocycles.